The van der Waals surface area contributed by atoms with Crippen LogP contribution < -0.4 is 0 Å². The number of ketones is 1. The molecule has 2 aromatic carbocycles. The molecule has 3 nitrogen and oxygen atoms in total. The summed E-state index contributed by atoms with van der Waals surface area (Å²) in [5.41, 5.74) is 1.43. The van der Waals surface area contributed by atoms with Crippen LogP contribution in [0.1, 0.15) is 37.7 Å². The second kappa shape index (κ2) is 10.9. The summed E-state index contributed by atoms with van der Waals surface area (Å²) in [6.07, 6.45) is 5.72. The Labute approximate surface area is 154 Å². The fourth-order valence-electron chi connectivity index (χ4n) is 2.85. The van der Waals surface area contributed by atoms with Crippen LogP contribution in [0.2, 0.25) is 0 Å². The zero-order valence-electron chi connectivity index (χ0n) is 14.8. The molecule has 2 aromatic rings. The van der Waals surface area contributed by atoms with Crippen molar-refractivity contribution in [2.45, 2.75) is 38.5 Å². The van der Waals surface area contributed by atoms with Gasteiger partial charge in [0.15, 0.2) is 5.78 Å². The monoisotopic (exact) mass is 358 g/mol. The van der Waals surface area contributed by atoms with E-state index >= 15 is 0 Å². The number of esters is 1. The Morgan fingerprint density at radius 2 is 1.72 bits per heavy atom. The lowest BCUT2D eigenvalue weighted by molar-refractivity contribution is -0.142. The number of hydrogen-bond acceptors (Lipinski definition) is 4. The van der Waals surface area contributed by atoms with Gasteiger partial charge in [-0.2, -0.15) is 11.8 Å². The Hall–Kier alpha value is -1.81. The molecule has 0 saturated heterocycles. The van der Waals surface area contributed by atoms with Crippen molar-refractivity contribution >= 4 is 34.3 Å². The molecular formula is C21H26O3S. The molecule has 0 amide bonds. The smallest absolute Gasteiger partial charge is 0.313 e. The molecule has 0 aromatic heterocycles. The van der Waals surface area contributed by atoms with Crippen LogP contribution in [0.15, 0.2) is 42.5 Å². The van der Waals surface area contributed by atoms with Gasteiger partial charge < -0.3 is 4.74 Å². The molecule has 0 aliphatic carbocycles. The quantitative estimate of drug-likeness (QED) is 0.328. The van der Waals surface area contributed by atoms with Crippen LogP contribution in [0, 0.1) is 0 Å². The number of rotatable bonds is 11. The molecule has 25 heavy (non-hydrogen) atoms. The van der Waals surface area contributed by atoms with Crippen molar-refractivity contribution in [1.29, 1.82) is 0 Å². The van der Waals surface area contributed by atoms with Crippen LogP contribution in [0.5, 0.6) is 0 Å². The Morgan fingerprint density at radius 3 is 2.56 bits per heavy atom. The van der Waals surface area contributed by atoms with Crippen molar-refractivity contribution in [3.8, 4) is 0 Å². The highest BCUT2D eigenvalue weighted by Gasteiger charge is 2.08. The van der Waals surface area contributed by atoms with E-state index in [1.54, 1.807) is 11.8 Å². The van der Waals surface area contributed by atoms with Crippen molar-refractivity contribution in [3.63, 3.8) is 0 Å². The summed E-state index contributed by atoms with van der Waals surface area (Å²) in [6.45, 7) is 0. The van der Waals surface area contributed by atoms with Gasteiger partial charge in [0.2, 0.25) is 0 Å². The zero-order valence-corrected chi connectivity index (χ0v) is 15.6. The Balaban J connectivity index is 1.56. The van der Waals surface area contributed by atoms with E-state index in [2.05, 4.69) is 47.2 Å². The van der Waals surface area contributed by atoms with E-state index < -0.39 is 5.97 Å². The highest BCUT2D eigenvalue weighted by Crippen LogP contribution is 2.20. The minimum Gasteiger partial charge on any atom is -0.469 e. The number of hydrogen-bond donors (Lipinski definition) is 0. The van der Waals surface area contributed by atoms with Gasteiger partial charge in [-0.05, 0) is 41.4 Å². The molecule has 4 heteroatoms. The topological polar surface area (TPSA) is 43.4 Å². The van der Waals surface area contributed by atoms with Crippen LogP contribution >= 0.6 is 11.8 Å². The summed E-state index contributed by atoms with van der Waals surface area (Å²) >= 11 is 1.61. The lowest BCUT2D eigenvalue weighted by atomic mass is 9.99. The first-order valence-electron chi connectivity index (χ1n) is 8.83. The van der Waals surface area contributed by atoms with E-state index in [9.17, 15) is 9.59 Å². The average Bonchev–Trinajstić information content (AvgIpc) is 2.63. The lowest BCUT2D eigenvalue weighted by Gasteiger charge is -2.06. The summed E-state index contributed by atoms with van der Waals surface area (Å²) in [4.78, 5) is 22.5. The molecule has 0 heterocycles. The van der Waals surface area contributed by atoms with Crippen LogP contribution in [-0.2, 0) is 20.7 Å². The largest absolute Gasteiger partial charge is 0.469 e. The summed E-state index contributed by atoms with van der Waals surface area (Å²) in [6, 6.07) is 15.1. The second-order valence-electron chi connectivity index (χ2n) is 6.15. The number of carbonyl (C=O) groups excluding carboxylic acids is 2. The van der Waals surface area contributed by atoms with Crippen molar-refractivity contribution in [3.05, 3.63) is 48.0 Å². The molecule has 0 N–H and O–H groups in total. The fraction of sp³-hybridized carbons (Fsp3) is 0.429. The molecule has 0 aliphatic rings. The average molecular weight is 359 g/mol. The van der Waals surface area contributed by atoms with Crippen molar-refractivity contribution < 1.29 is 14.3 Å². The van der Waals surface area contributed by atoms with E-state index in [1.165, 1.54) is 42.7 Å². The predicted octanol–water partition coefficient (Wildman–Crippen LogP) is 4.81. The van der Waals surface area contributed by atoms with Crippen molar-refractivity contribution in [2.75, 3.05) is 18.6 Å². The van der Waals surface area contributed by atoms with Gasteiger partial charge in [-0.25, -0.2) is 0 Å². The molecule has 0 atom stereocenters. The molecule has 0 fully saturated rings. The highest BCUT2D eigenvalue weighted by molar-refractivity contribution is 7.99. The zero-order chi connectivity index (χ0) is 17.9. The molecule has 134 valence electrons. The number of unbranched alkanes of at least 4 members (excludes halogenated alkanes) is 3. The van der Waals surface area contributed by atoms with E-state index in [-0.39, 0.29) is 12.2 Å². The van der Waals surface area contributed by atoms with Crippen LogP contribution in [0.4, 0.5) is 0 Å². The number of benzene rings is 2. The number of carbonyl (C=O) groups is 2. The molecule has 0 bridgehead atoms. The normalized spacial score (nSPS) is 10.8. The van der Waals surface area contributed by atoms with E-state index in [0.717, 1.165) is 18.6 Å². The fourth-order valence-corrected chi connectivity index (χ4v) is 3.74. The first-order chi connectivity index (χ1) is 12.2. The van der Waals surface area contributed by atoms with Gasteiger partial charge in [-0.1, -0.05) is 55.3 Å². The molecular weight excluding hydrogens is 332 g/mol. The van der Waals surface area contributed by atoms with Gasteiger partial charge in [0.25, 0.3) is 0 Å². The maximum Gasteiger partial charge on any atom is 0.313 e. The van der Waals surface area contributed by atoms with E-state index in [0.29, 0.717) is 5.75 Å². The lowest BCUT2D eigenvalue weighted by Crippen LogP contribution is -2.11. The van der Waals surface area contributed by atoms with Crippen LogP contribution in [-0.4, -0.2) is 30.4 Å². The van der Waals surface area contributed by atoms with Gasteiger partial charge in [-0.15, -0.1) is 0 Å². The molecule has 2 rings (SSSR count). The molecule has 0 unspecified atom stereocenters. The third-order valence-electron chi connectivity index (χ3n) is 4.20. The number of methoxy groups -OCH3 is 1. The van der Waals surface area contributed by atoms with E-state index in [1.807, 2.05) is 0 Å². The van der Waals surface area contributed by atoms with Crippen molar-refractivity contribution in [1.82, 2.24) is 0 Å². The first kappa shape index (κ1) is 19.5. The summed E-state index contributed by atoms with van der Waals surface area (Å²) in [5, 5.41) is 2.68. The van der Waals surface area contributed by atoms with Crippen molar-refractivity contribution in [2.24, 2.45) is 0 Å². The standard InChI is InChI=1S/C21H26O3S/c1-24-21(23)15-19(22)16-25-14-7-3-2-4-9-17-11-8-12-18-10-5-6-13-20(17)18/h5-6,8,10-13H,2-4,7,9,14-16H2,1H3. The predicted molar refractivity (Wildman–Crippen MR) is 105 cm³/mol. The highest BCUT2D eigenvalue weighted by atomic mass is 32.2. The molecule has 0 aliphatic heterocycles. The third-order valence-corrected chi connectivity index (χ3v) is 5.30. The van der Waals surface area contributed by atoms with Gasteiger partial charge in [0.05, 0.1) is 12.9 Å². The minimum atomic E-state index is -0.445. The molecule has 0 radical (unpaired) electrons. The number of fused-ring (bicyclic) bond motifs is 1. The van der Waals surface area contributed by atoms with Crippen LogP contribution in [0.3, 0.4) is 0 Å². The maximum absolute atomic E-state index is 11.5. The van der Waals surface area contributed by atoms with Gasteiger partial charge >= 0.3 is 5.97 Å². The number of thioether (sulfide) groups is 1. The summed E-state index contributed by atoms with van der Waals surface area (Å²) in [5.74, 6) is 0.888. The minimum absolute atomic E-state index is 0.0483. The number of aryl methyl sites for hydroxylation is 1. The maximum atomic E-state index is 11.5. The Morgan fingerprint density at radius 1 is 0.960 bits per heavy atom. The summed E-state index contributed by atoms with van der Waals surface area (Å²) < 4.78 is 4.49. The Bertz CT molecular complexity index is 691. The second-order valence-corrected chi connectivity index (χ2v) is 7.25. The van der Waals surface area contributed by atoms with Gasteiger partial charge in [-0.3, -0.25) is 9.59 Å². The number of ether oxygens (including phenoxy) is 1. The third kappa shape index (κ3) is 6.91. The van der Waals surface area contributed by atoms with Gasteiger partial charge in [0.1, 0.15) is 6.42 Å². The number of Topliss-reactive ketones (excluding diaryl/α,β-unsaturated/α-hetero) is 1. The molecule has 0 saturated carbocycles. The molecule has 0 spiro atoms. The first-order valence-corrected chi connectivity index (χ1v) is 9.99. The van der Waals surface area contributed by atoms with E-state index in [4.69, 9.17) is 0 Å². The van der Waals surface area contributed by atoms with Gasteiger partial charge in [0, 0.05) is 0 Å². The van der Waals surface area contributed by atoms with Crippen LogP contribution in [0.25, 0.3) is 10.8 Å². The Kier molecular flexibility index (Phi) is 8.53. The SMILES string of the molecule is COC(=O)CC(=O)CSCCCCCCc1cccc2ccccc12. The summed E-state index contributed by atoms with van der Waals surface area (Å²) in [7, 11) is 1.31.